The highest BCUT2D eigenvalue weighted by Gasteiger charge is 2.32. The molecule has 3 aromatic rings. The summed E-state index contributed by atoms with van der Waals surface area (Å²) >= 11 is 0. The molecule has 0 spiro atoms. The fraction of sp³-hybridized carbons (Fsp3) is 0.200. The summed E-state index contributed by atoms with van der Waals surface area (Å²) in [6.45, 7) is 4.08. The molecule has 0 fully saturated rings. The average molecular weight is 263 g/mol. The number of hydrogen-bond donors (Lipinski definition) is 0. The Bertz CT molecular complexity index is 830. The van der Waals surface area contributed by atoms with E-state index in [4.69, 9.17) is 4.98 Å². The van der Waals surface area contributed by atoms with Crippen LogP contribution in [0, 0.1) is 0 Å². The largest absolute Gasteiger partial charge is 0.227 e. The monoisotopic (exact) mass is 263 g/mol. The smallest absolute Gasteiger partial charge is 0.162 e. The molecule has 5 heteroatoms. The van der Waals surface area contributed by atoms with E-state index in [0.717, 1.165) is 28.2 Å². The molecule has 1 aliphatic rings. The first-order valence-corrected chi connectivity index (χ1v) is 6.52. The highest BCUT2D eigenvalue weighted by molar-refractivity contribution is 5.69. The molecule has 98 valence electrons. The molecule has 4 rings (SSSR count). The summed E-state index contributed by atoms with van der Waals surface area (Å²) in [4.78, 5) is 4.73. The van der Waals surface area contributed by atoms with E-state index >= 15 is 0 Å². The van der Waals surface area contributed by atoms with Gasteiger partial charge in [-0.2, -0.15) is 15.3 Å². The third-order valence-corrected chi connectivity index (χ3v) is 3.56. The third kappa shape index (κ3) is 1.49. The molecule has 20 heavy (non-hydrogen) atoms. The zero-order valence-corrected chi connectivity index (χ0v) is 11.3. The number of nitrogens with zero attached hydrogens (tertiary/aromatic N) is 5. The number of rotatable bonds is 1. The van der Waals surface area contributed by atoms with E-state index in [-0.39, 0.29) is 5.54 Å². The standard InChI is InChI=1S/C15H13N5/c1-15(2)13-11(18-19-15)8-16-20-9-12(17-14(13)20)10-6-4-3-5-7-10/h3-9H,1-2H3. The van der Waals surface area contributed by atoms with Crippen LogP contribution in [0.5, 0.6) is 0 Å². The van der Waals surface area contributed by atoms with Gasteiger partial charge in [-0.05, 0) is 13.8 Å². The van der Waals surface area contributed by atoms with E-state index < -0.39 is 0 Å². The Hall–Kier alpha value is -2.56. The van der Waals surface area contributed by atoms with Crippen LogP contribution in [0.1, 0.15) is 19.4 Å². The lowest BCUT2D eigenvalue weighted by Crippen LogP contribution is -2.12. The van der Waals surface area contributed by atoms with Crippen LogP contribution < -0.4 is 0 Å². The van der Waals surface area contributed by atoms with Crippen molar-refractivity contribution in [1.29, 1.82) is 0 Å². The highest BCUT2D eigenvalue weighted by atomic mass is 15.3. The number of benzene rings is 1. The van der Waals surface area contributed by atoms with Crippen LogP contribution in [0.15, 0.2) is 53.0 Å². The Labute approximate surface area is 116 Å². The second-order valence-corrected chi connectivity index (χ2v) is 5.42. The van der Waals surface area contributed by atoms with Crippen LogP contribution >= 0.6 is 0 Å². The summed E-state index contributed by atoms with van der Waals surface area (Å²) in [5.74, 6) is 0. The third-order valence-electron chi connectivity index (χ3n) is 3.56. The SMILES string of the molecule is CC1(C)N=Nc2cnn3cc(-c4ccccc4)nc3c21. The first-order chi connectivity index (χ1) is 9.65. The Morgan fingerprint density at radius 1 is 1.10 bits per heavy atom. The lowest BCUT2D eigenvalue weighted by Gasteiger charge is -2.13. The highest BCUT2D eigenvalue weighted by Crippen LogP contribution is 2.41. The van der Waals surface area contributed by atoms with Crippen molar-refractivity contribution in [2.45, 2.75) is 19.4 Å². The van der Waals surface area contributed by atoms with E-state index in [1.807, 2.05) is 50.4 Å². The zero-order valence-electron chi connectivity index (χ0n) is 11.3. The lowest BCUT2D eigenvalue weighted by molar-refractivity contribution is 0.556. The van der Waals surface area contributed by atoms with Gasteiger partial charge in [-0.1, -0.05) is 30.3 Å². The normalized spacial score (nSPS) is 15.7. The molecular weight excluding hydrogens is 250 g/mol. The van der Waals surface area contributed by atoms with Crippen molar-refractivity contribution < 1.29 is 0 Å². The Morgan fingerprint density at radius 3 is 2.70 bits per heavy atom. The summed E-state index contributed by atoms with van der Waals surface area (Å²) in [6.07, 6.45) is 3.69. The number of imidazole rings is 1. The van der Waals surface area contributed by atoms with E-state index in [1.54, 1.807) is 10.7 Å². The van der Waals surface area contributed by atoms with E-state index in [1.165, 1.54) is 0 Å². The molecule has 0 N–H and O–H groups in total. The summed E-state index contributed by atoms with van der Waals surface area (Å²) in [5, 5.41) is 12.9. The molecule has 0 saturated carbocycles. The molecule has 0 amide bonds. The van der Waals surface area contributed by atoms with Crippen molar-refractivity contribution in [3.8, 4) is 11.3 Å². The Morgan fingerprint density at radius 2 is 1.90 bits per heavy atom. The quantitative estimate of drug-likeness (QED) is 0.671. The molecule has 3 heterocycles. The van der Waals surface area contributed by atoms with Gasteiger partial charge in [-0.15, -0.1) is 0 Å². The van der Waals surface area contributed by atoms with Crippen molar-refractivity contribution in [3.63, 3.8) is 0 Å². The molecule has 1 aliphatic heterocycles. The molecule has 0 radical (unpaired) electrons. The van der Waals surface area contributed by atoms with Crippen molar-refractivity contribution in [2.75, 3.05) is 0 Å². The van der Waals surface area contributed by atoms with E-state index in [0.29, 0.717) is 0 Å². The molecule has 5 nitrogen and oxygen atoms in total. The fourth-order valence-corrected chi connectivity index (χ4v) is 2.57. The van der Waals surface area contributed by atoms with Gasteiger partial charge >= 0.3 is 0 Å². The van der Waals surface area contributed by atoms with Crippen LogP contribution in [-0.2, 0) is 5.54 Å². The second-order valence-electron chi connectivity index (χ2n) is 5.42. The molecule has 0 bridgehead atoms. The number of azo groups is 1. The van der Waals surface area contributed by atoms with Gasteiger partial charge in [0.1, 0.15) is 11.2 Å². The van der Waals surface area contributed by atoms with E-state index in [9.17, 15) is 0 Å². The van der Waals surface area contributed by atoms with Crippen LogP contribution in [0.4, 0.5) is 5.69 Å². The summed E-state index contributed by atoms with van der Waals surface area (Å²) in [5.41, 5.74) is 4.32. The molecule has 0 unspecified atom stereocenters. The average Bonchev–Trinajstić information content (AvgIpc) is 3.01. The predicted molar refractivity (Wildman–Crippen MR) is 76.0 cm³/mol. The number of aromatic nitrogens is 3. The van der Waals surface area contributed by atoms with Crippen molar-refractivity contribution in [3.05, 3.63) is 48.3 Å². The molecule has 1 aromatic carbocycles. The maximum Gasteiger partial charge on any atom is 0.162 e. The zero-order chi connectivity index (χ0) is 13.7. The first kappa shape index (κ1) is 11.3. The van der Waals surface area contributed by atoms with Crippen LogP contribution in [0.3, 0.4) is 0 Å². The van der Waals surface area contributed by atoms with Gasteiger partial charge in [0, 0.05) is 5.56 Å². The maximum absolute atomic E-state index is 4.73. The van der Waals surface area contributed by atoms with Gasteiger partial charge in [-0.25, -0.2) is 9.50 Å². The van der Waals surface area contributed by atoms with Crippen LogP contribution in [0.25, 0.3) is 16.9 Å². The van der Waals surface area contributed by atoms with Gasteiger partial charge in [0.05, 0.1) is 23.7 Å². The minimum absolute atomic E-state index is 0.348. The summed E-state index contributed by atoms with van der Waals surface area (Å²) < 4.78 is 1.80. The minimum atomic E-state index is -0.348. The van der Waals surface area contributed by atoms with Crippen molar-refractivity contribution >= 4 is 11.3 Å². The van der Waals surface area contributed by atoms with Crippen molar-refractivity contribution in [2.24, 2.45) is 10.2 Å². The van der Waals surface area contributed by atoms with Crippen LogP contribution in [-0.4, -0.2) is 14.6 Å². The van der Waals surface area contributed by atoms with Gasteiger partial charge in [0.2, 0.25) is 0 Å². The lowest BCUT2D eigenvalue weighted by atomic mass is 9.97. The number of hydrogen-bond acceptors (Lipinski definition) is 4. The van der Waals surface area contributed by atoms with Gasteiger partial charge < -0.3 is 0 Å². The topological polar surface area (TPSA) is 54.9 Å². The van der Waals surface area contributed by atoms with E-state index in [2.05, 4.69) is 15.3 Å². The maximum atomic E-state index is 4.73. The predicted octanol–water partition coefficient (Wildman–Crippen LogP) is 3.73. The summed E-state index contributed by atoms with van der Waals surface area (Å²) in [7, 11) is 0. The van der Waals surface area contributed by atoms with Crippen molar-refractivity contribution in [1.82, 2.24) is 14.6 Å². The number of fused-ring (bicyclic) bond motifs is 3. The first-order valence-electron chi connectivity index (χ1n) is 6.52. The Kier molecular flexibility index (Phi) is 2.10. The van der Waals surface area contributed by atoms with Gasteiger partial charge in [0.15, 0.2) is 5.65 Å². The molecular formula is C15H13N5. The summed E-state index contributed by atoms with van der Waals surface area (Å²) in [6, 6.07) is 10.1. The molecule has 0 atom stereocenters. The molecule has 0 aliphatic carbocycles. The molecule has 2 aromatic heterocycles. The fourth-order valence-electron chi connectivity index (χ4n) is 2.57. The molecule has 0 saturated heterocycles. The van der Waals surface area contributed by atoms with Gasteiger partial charge in [-0.3, -0.25) is 0 Å². The second kappa shape index (κ2) is 3.72. The van der Waals surface area contributed by atoms with Crippen LogP contribution in [0.2, 0.25) is 0 Å². The van der Waals surface area contributed by atoms with Gasteiger partial charge in [0.25, 0.3) is 0 Å². The Balaban J connectivity index is 1.99. The minimum Gasteiger partial charge on any atom is -0.227 e.